The summed E-state index contributed by atoms with van der Waals surface area (Å²) in [6, 6.07) is 0. The molecule has 0 saturated carbocycles. The molecule has 0 amide bonds. The van der Waals surface area contributed by atoms with Gasteiger partial charge in [0, 0.05) is 19.6 Å². The second-order valence-electron chi connectivity index (χ2n) is 6.68. The van der Waals surface area contributed by atoms with Gasteiger partial charge < -0.3 is 20.2 Å². The zero-order chi connectivity index (χ0) is 17.9. The molecule has 0 heterocycles. The van der Waals surface area contributed by atoms with E-state index in [1.165, 1.54) is 51.4 Å². The summed E-state index contributed by atoms with van der Waals surface area (Å²) in [5.41, 5.74) is 0. The van der Waals surface area contributed by atoms with Gasteiger partial charge in [0.1, 0.15) is 0 Å². The van der Waals surface area contributed by atoms with Crippen LogP contribution in [0, 0.1) is 0 Å². The molecule has 0 unspecified atom stereocenters. The molecule has 0 radical (unpaired) electrons. The number of unbranched alkanes of at least 4 members (excludes halogenated alkanes) is 7. The Morgan fingerprint density at radius 2 is 0.833 bits per heavy atom. The van der Waals surface area contributed by atoms with E-state index in [-0.39, 0.29) is 19.8 Å². The molecule has 0 rings (SSSR count). The maximum absolute atomic E-state index is 9.22. The highest BCUT2D eigenvalue weighted by atomic mass is 16.3. The molecule has 5 heteroatoms. The number of aliphatic hydroxyl groups is 3. The molecule has 0 aromatic carbocycles. The van der Waals surface area contributed by atoms with E-state index in [0.717, 1.165) is 32.6 Å². The number of rotatable bonds is 19. The molecule has 0 aromatic heterocycles. The van der Waals surface area contributed by atoms with Gasteiger partial charge in [-0.05, 0) is 32.5 Å². The van der Waals surface area contributed by atoms with Gasteiger partial charge in [0.15, 0.2) is 0 Å². The third kappa shape index (κ3) is 15.3. The minimum absolute atomic E-state index is 0.138. The Morgan fingerprint density at radius 1 is 0.458 bits per heavy atom. The highest BCUT2D eigenvalue weighted by molar-refractivity contribution is 4.62. The number of hydrogen-bond acceptors (Lipinski definition) is 5. The van der Waals surface area contributed by atoms with Crippen LogP contribution in [0.1, 0.15) is 64.7 Å². The summed E-state index contributed by atoms with van der Waals surface area (Å²) < 4.78 is 0. The van der Waals surface area contributed by atoms with E-state index in [2.05, 4.69) is 16.7 Å². The third-order valence-corrected chi connectivity index (χ3v) is 4.53. The topological polar surface area (TPSA) is 67.2 Å². The summed E-state index contributed by atoms with van der Waals surface area (Å²) >= 11 is 0. The molecular weight excluding hydrogens is 304 g/mol. The second-order valence-corrected chi connectivity index (χ2v) is 6.68. The van der Waals surface area contributed by atoms with E-state index in [1.807, 2.05) is 0 Å². The molecule has 0 saturated heterocycles. The molecular formula is C19H42N2O3. The number of hydrogen-bond donors (Lipinski definition) is 3. The predicted molar refractivity (Wildman–Crippen MR) is 101 cm³/mol. The Kier molecular flexibility index (Phi) is 19.0. The fraction of sp³-hybridized carbons (Fsp3) is 1.00. The molecule has 0 atom stereocenters. The Hall–Kier alpha value is -0.200. The van der Waals surface area contributed by atoms with Gasteiger partial charge in [0.2, 0.25) is 0 Å². The smallest absolute Gasteiger partial charge is 0.0558 e. The zero-order valence-electron chi connectivity index (χ0n) is 16.0. The van der Waals surface area contributed by atoms with E-state index in [0.29, 0.717) is 13.1 Å². The summed E-state index contributed by atoms with van der Waals surface area (Å²) in [5, 5.41) is 27.3. The highest BCUT2D eigenvalue weighted by Gasteiger charge is 2.07. The van der Waals surface area contributed by atoms with E-state index in [1.54, 1.807) is 0 Å². The molecule has 0 aliphatic rings. The van der Waals surface area contributed by atoms with E-state index in [4.69, 9.17) is 10.2 Å². The summed E-state index contributed by atoms with van der Waals surface area (Å²) in [4.78, 5) is 4.43. The zero-order valence-corrected chi connectivity index (χ0v) is 16.0. The summed E-state index contributed by atoms with van der Waals surface area (Å²) in [5.74, 6) is 0. The average molecular weight is 347 g/mol. The van der Waals surface area contributed by atoms with E-state index in [9.17, 15) is 5.11 Å². The lowest BCUT2D eigenvalue weighted by Gasteiger charge is -2.24. The average Bonchev–Trinajstić information content (AvgIpc) is 2.57. The second kappa shape index (κ2) is 19.1. The highest BCUT2D eigenvalue weighted by Crippen LogP contribution is 2.09. The predicted octanol–water partition coefficient (Wildman–Crippen LogP) is 2.10. The van der Waals surface area contributed by atoms with Gasteiger partial charge in [0.05, 0.1) is 19.8 Å². The van der Waals surface area contributed by atoms with E-state index >= 15 is 0 Å². The van der Waals surface area contributed by atoms with Gasteiger partial charge in [-0.25, -0.2) is 0 Å². The molecule has 0 aromatic rings. The van der Waals surface area contributed by atoms with Crippen molar-refractivity contribution in [1.82, 2.24) is 9.80 Å². The van der Waals surface area contributed by atoms with Crippen molar-refractivity contribution in [3.63, 3.8) is 0 Å². The van der Waals surface area contributed by atoms with Gasteiger partial charge in [-0.1, -0.05) is 51.9 Å². The molecule has 0 spiro atoms. The maximum Gasteiger partial charge on any atom is 0.0558 e. The van der Waals surface area contributed by atoms with Crippen molar-refractivity contribution in [1.29, 1.82) is 0 Å². The van der Waals surface area contributed by atoms with Crippen molar-refractivity contribution in [2.45, 2.75) is 64.7 Å². The molecule has 3 N–H and O–H groups in total. The lowest BCUT2D eigenvalue weighted by molar-refractivity contribution is 0.147. The lowest BCUT2D eigenvalue weighted by Crippen LogP contribution is -2.35. The van der Waals surface area contributed by atoms with Crippen molar-refractivity contribution in [2.24, 2.45) is 0 Å². The molecule has 5 nitrogen and oxygen atoms in total. The minimum atomic E-state index is 0.138. The normalized spacial score (nSPS) is 11.8. The van der Waals surface area contributed by atoms with Crippen LogP contribution >= 0.6 is 0 Å². The van der Waals surface area contributed by atoms with Crippen LogP contribution in [0.3, 0.4) is 0 Å². The van der Waals surface area contributed by atoms with Crippen LogP contribution in [0.2, 0.25) is 0 Å². The van der Waals surface area contributed by atoms with Crippen LogP contribution < -0.4 is 0 Å². The lowest BCUT2D eigenvalue weighted by atomic mass is 10.1. The maximum atomic E-state index is 9.22. The van der Waals surface area contributed by atoms with Crippen molar-refractivity contribution < 1.29 is 15.3 Å². The molecule has 0 aliphatic carbocycles. The van der Waals surface area contributed by atoms with Gasteiger partial charge >= 0.3 is 0 Å². The summed E-state index contributed by atoms with van der Waals surface area (Å²) in [6.45, 7) is 7.67. The van der Waals surface area contributed by atoms with Crippen LogP contribution in [0.15, 0.2) is 0 Å². The number of nitrogens with zero attached hydrogens (tertiary/aromatic N) is 2. The van der Waals surface area contributed by atoms with Crippen LogP contribution in [0.5, 0.6) is 0 Å². The Labute approximate surface area is 149 Å². The molecule has 0 aliphatic heterocycles. The van der Waals surface area contributed by atoms with Crippen molar-refractivity contribution >= 4 is 0 Å². The van der Waals surface area contributed by atoms with Crippen LogP contribution in [0.4, 0.5) is 0 Å². The van der Waals surface area contributed by atoms with E-state index < -0.39 is 0 Å². The summed E-state index contributed by atoms with van der Waals surface area (Å²) in [6.07, 6.45) is 11.6. The van der Waals surface area contributed by atoms with Crippen molar-refractivity contribution in [2.75, 3.05) is 59.1 Å². The fourth-order valence-corrected chi connectivity index (χ4v) is 3.08. The first kappa shape index (κ1) is 23.8. The third-order valence-electron chi connectivity index (χ3n) is 4.53. The van der Waals surface area contributed by atoms with Gasteiger partial charge in [-0.15, -0.1) is 0 Å². The van der Waals surface area contributed by atoms with Gasteiger partial charge in [0.25, 0.3) is 0 Å². The van der Waals surface area contributed by atoms with Gasteiger partial charge in [-0.2, -0.15) is 0 Å². The van der Waals surface area contributed by atoms with Crippen LogP contribution in [0.25, 0.3) is 0 Å². The number of aliphatic hydroxyl groups excluding tert-OH is 3. The fourth-order valence-electron chi connectivity index (χ4n) is 3.08. The summed E-state index contributed by atoms with van der Waals surface area (Å²) in [7, 11) is 0. The molecule has 24 heavy (non-hydrogen) atoms. The quantitative estimate of drug-likeness (QED) is 0.313. The first-order valence-electron chi connectivity index (χ1n) is 10.1. The Morgan fingerprint density at radius 3 is 1.29 bits per heavy atom. The minimum Gasteiger partial charge on any atom is -0.395 e. The SMILES string of the molecule is CCCCCCCCCCN(CCO)CCCN(CCO)CCO. The molecule has 0 fully saturated rings. The van der Waals surface area contributed by atoms with Crippen LogP contribution in [-0.2, 0) is 0 Å². The van der Waals surface area contributed by atoms with Crippen LogP contribution in [-0.4, -0.2) is 84.2 Å². The molecule has 0 bridgehead atoms. The Balaban J connectivity index is 3.72. The molecule has 146 valence electrons. The van der Waals surface area contributed by atoms with Crippen molar-refractivity contribution in [3.05, 3.63) is 0 Å². The first-order valence-corrected chi connectivity index (χ1v) is 10.1. The standard InChI is InChI=1S/C19H42N2O3/c1-2-3-4-5-6-7-8-9-11-20(14-17-22)12-10-13-21(15-18-23)16-19-24/h22-24H,2-19H2,1H3. The Bertz CT molecular complexity index is 237. The first-order chi connectivity index (χ1) is 11.8. The van der Waals surface area contributed by atoms with Gasteiger partial charge in [-0.3, -0.25) is 4.90 Å². The largest absolute Gasteiger partial charge is 0.395 e. The van der Waals surface area contributed by atoms with Crippen molar-refractivity contribution in [3.8, 4) is 0 Å². The monoisotopic (exact) mass is 346 g/mol.